The number of nitrogens with zero attached hydrogens (tertiary/aromatic N) is 1. The van der Waals surface area contributed by atoms with Gasteiger partial charge in [-0.1, -0.05) is 6.07 Å². The van der Waals surface area contributed by atoms with Gasteiger partial charge in [0.05, 0.1) is 11.6 Å². The van der Waals surface area contributed by atoms with Crippen LogP contribution < -0.4 is 5.32 Å². The normalized spacial score (nSPS) is 15.4. The standard InChI is InChI=1S/C15H14N2O3S/c18-14(10-5-6-11(15(19)20)16-8-10)17-13(9-3-4-9)12-2-1-7-21-12/h1-2,5-9,13H,3-4H2,(H,17,18)(H,19,20). The van der Waals surface area contributed by atoms with E-state index in [1.54, 1.807) is 11.3 Å². The molecular formula is C15H14N2O3S. The molecule has 1 aliphatic rings. The molecule has 1 unspecified atom stereocenters. The van der Waals surface area contributed by atoms with E-state index in [-0.39, 0.29) is 17.6 Å². The molecule has 1 amide bonds. The number of hydrogen-bond donors (Lipinski definition) is 2. The molecule has 0 bridgehead atoms. The second-order valence-electron chi connectivity index (χ2n) is 5.04. The molecule has 3 rings (SSSR count). The smallest absolute Gasteiger partial charge is 0.354 e. The van der Waals surface area contributed by atoms with Crippen LogP contribution in [0.15, 0.2) is 35.8 Å². The average molecular weight is 302 g/mol. The average Bonchev–Trinajstić information content (AvgIpc) is 3.19. The number of carboxylic acid groups (broad SMARTS) is 1. The molecule has 2 heterocycles. The summed E-state index contributed by atoms with van der Waals surface area (Å²) in [4.78, 5) is 27.9. The van der Waals surface area contributed by atoms with E-state index in [0.717, 1.165) is 17.7 Å². The Bertz CT molecular complexity index is 648. The topological polar surface area (TPSA) is 79.3 Å². The summed E-state index contributed by atoms with van der Waals surface area (Å²) in [6.07, 6.45) is 3.55. The molecule has 2 N–H and O–H groups in total. The molecule has 1 aliphatic carbocycles. The molecule has 0 spiro atoms. The van der Waals surface area contributed by atoms with Crippen molar-refractivity contribution < 1.29 is 14.7 Å². The van der Waals surface area contributed by atoms with Gasteiger partial charge >= 0.3 is 5.97 Å². The summed E-state index contributed by atoms with van der Waals surface area (Å²) in [6.45, 7) is 0. The predicted octanol–water partition coefficient (Wildman–Crippen LogP) is 2.72. The quantitative estimate of drug-likeness (QED) is 0.890. The highest BCUT2D eigenvalue weighted by Gasteiger charge is 2.34. The van der Waals surface area contributed by atoms with Gasteiger partial charge in [0.15, 0.2) is 0 Å². The van der Waals surface area contributed by atoms with Gasteiger partial charge in [-0.25, -0.2) is 9.78 Å². The number of carbonyl (C=O) groups excluding carboxylic acids is 1. The molecule has 1 saturated carbocycles. The fourth-order valence-corrected chi connectivity index (χ4v) is 3.07. The largest absolute Gasteiger partial charge is 0.477 e. The number of carboxylic acids is 1. The zero-order valence-electron chi connectivity index (χ0n) is 11.2. The van der Waals surface area contributed by atoms with E-state index in [4.69, 9.17) is 5.11 Å². The van der Waals surface area contributed by atoms with Gasteiger partial charge in [0.25, 0.3) is 5.91 Å². The van der Waals surface area contributed by atoms with E-state index >= 15 is 0 Å². The van der Waals surface area contributed by atoms with E-state index in [1.165, 1.54) is 18.3 Å². The van der Waals surface area contributed by atoms with Gasteiger partial charge in [0, 0.05) is 11.1 Å². The molecule has 6 heteroatoms. The third-order valence-electron chi connectivity index (χ3n) is 3.47. The molecule has 2 aromatic heterocycles. The molecule has 21 heavy (non-hydrogen) atoms. The van der Waals surface area contributed by atoms with E-state index < -0.39 is 5.97 Å². The summed E-state index contributed by atoms with van der Waals surface area (Å²) in [7, 11) is 0. The van der Waals surface area contributed by atoms with Crippen LogP contribution in [0.1, 0.15) is 44.6 Å². The Hall–Kier alpha value is -2.21. The zero-order chi connectivity index (χ0) is 14.8. The van der Waals surface area contributed by atoms with Crippen molar-refractivity contribution in [3.63, 3.8) is 0 Å². The van der Waals surface area contributed by atoms with Gasteiger partial charge < -0.3 is 10.4 Å². The van der Waals surface area contributed by atoms with Gasteiger partial charge in [-0.2, -0.15) is 0 Å². The second kappa shape index (κ2) is 5.65. The molecule has 0 radical (unpaired) electrons. The molecule has 0 aliphatic heterocycles. The highest BCUT2D eigenvalue weighted by molar-refractivity contribution is 7.10. The van der Waals surface area contributed by atoms with Crippen LogP contribution in [0, 0.1) is 5.92 Å². The number of hydrogen-bond acceptors (Lipinski definition) is 4. The number of rotatable bonds is 5. The third-order valence-corrected chi connectivity index (χ3v) is 4.43. The van der Waals surface area contributed by atoms with Crippen LogP contribution in [0.2, 0.25) is 0 Å². The Morgan fingerprint density at radius 3 is 2.67 bits per heavy atom. The van der Waals surface area contributed by atoms with E-state index in [0.29, 0.717) is 11.5 Å². The lowest BCUT2D eigenvalue weighted by atomic mass is 10.1. The van der Waals surface area contributed by atoms with E-state index in [9.17, 15) is 9.59 Å². The predicted molar refractivity (Wildman–Crippen MR) is 78.4 cm³/mol. The van der Waals surface area contributed by atoms with E-state index in [1.807, 2.05) is 17.5 Å². The van der Waals surface area contributed by atoms with Gasteiger partial charge in [0.2, 0.25) is 0 Å². The Balaban J connectivity index is 1.74. The summed E-state index contributed by atoms with van der Waals surface area (Å²) in [5, 5.41) is 13.8. The van der Waals surface area contributed by atoms with Crippen molar-refractivity contribution in [1.29, 1.82) is 0 Å². The summed E-state index contributed by atoms with van der Waals surface area (Å²) in [6, 6.07) is 6.88. The first-order valence-corrected chi connectivity index (χ1v) is 7.57. The number of carbonyl (C=O) groups is 2. The number of aromatic carboxylic acids is 1. The van der Waals surface area contributed by atoms with Crippen LogP contribution in [0.5, 0.6) is 0 Å². The molecule has 1 atom stereocenters. The molecule has 5 nitrogen and oxygen atoms in total. The lowest BCUT2D eigenvalue weighted by Crippen LogP contribution is -2.29. The number of nitrogens with one attached hydrogen (secondary N) is 1. The van der Waals surface area contributed by atoms with Crippen molar-refractivity contribution >= 4 is 23.2 Å². The fraction of sp³-hybridized carbons (Fsp3) is 0.267. The minimum absolute atomic E-state index is 0.0386. The number of pyridine rings is 1. The van der Waals surface area contributed by atoms with Crippen molar-refractivity contribution in [2.24, 2.45) is 5.92 Å². The van der Waals surface area contributed by atoms with Crippen molar-refractivity contribution in [3.05, 3.63) is 52.0 Å². The maximum atomic E-state index is 12.3. The first-order valence-electron chi connectivity index (χ1n) is 6.69. The third kappa shape index (κ3) is 3.11. The van der Waals surface area contributed by atoms with Crippen LogP contribution >= 0.6 is 11.3 Å². The highest BCUT2D eigenvalue weighted by Crippen LogP contribution is 2.42. The number of aromatic nitrogens is 1. The van der Waals surface area contributed by atoms with Crippen LogP contribution in [-0.2, 0) is 0 Å². The number of thiophene rings is 1. The SMILES string of the molecule is O=C(NC(c1cccs1)C1CC1)c1ccc(C(=O)O)nc1. The lowest BCUT2D eigenvalue weighted by molar-refractivity contribution is 0.0689. The Morgan fingerprint density at radius 1 is 1.33 bits per heavy atom. The molecule has 1 fully saturated rings. The van der Waals surface area contributed by atoms with Crippen molar-refractivity contribution in [3.8, 4) is 0 Å². The Labute approximate surface area is 125 Å². The minimum atomic E-state index is -1.10. The maximum Gasteiger partial charge on any atom is 0.354 e. The monoisotopic (exact) mass is 302 g/mol. The molecule has 2 aromatic rings. The van der Waals surface area contributed by atoms with Gasteiger partial charge in [0.1, 0.15) is 5.69 Å². The van der Waals surface area contributed by atoms with Crippen molar-refractivity contribution in [2.45, 2.75) is 18.9 Å². The first-order chi connectivity index (χ1) is 10.1. The zero-order valence-corrected chi connectivity index (χ0v) is 12.0. The Morgan fingerprint density at radius 2 is 2.14 bits per heavy atom. The van der Waals surface area contributed by atoms with Crippen molar-refractivity contribution in [1.82, 2.24) is 10.3 Å². The lowest BCUT2D eigenvalue weighted by Gasteiger charge is -2.16. The molecular weight excluding hydrogens is 288 g/mol. The Kier molecular flexibility index (Phi) is 3.70. The second-order valence-corrected chi connectivity index (χ2v) is 6.02. The summed E-state index contributed by atoms with van der Waals surface area (Å²) in [5.41, 5.74) is 0.311. The fourth-order valence-electron chi connectivity index (χ4n) is 2.20. The van der Waals surface area contributed by atoms with Crippen molar-refractivity contribution in [2.75, 3.05) is 0 Å². The van der Waals surface area contributed by atoms with Crippen LogP contribution in [0.4, 0.5) is 0 Å². The van der Waals surface area contributed by atoms with E-state index in [2.05, 4.69) is 10.3 Å². The maximum absolute atomic E-state index is 12.3. The highest BCUT2D eigenvalue weighted by atomic mass is 32.1. The minimum Gasteiger partial charge on any atom is -0.477 e. The van der Waals surface area contributed by atoms with Crippen LogP contribution in [0.3, 0.4) is 0 Å². The van der Waals surface area contributed by atoms with Crippen LogP contribution in [0.25, 0.3) is 0 Å². The van der Waals surface area contributed by atoms with Gasteiger partial charge in [-0.15, -0.1) is 11.3 Å². The molecule has 0 aromatic carbocycles. The molecule has 0 saturated heterocycles. The molecule has 108 valence electrons. The van der Waals surface area contributed by atoms with Gasteiger partial charge in [-0.05, 0) is 42.3 Å². The number of amides is 1. The summed E-state index contributed by atoms with van der Waals surface area (Å²) >= 11 is 1.63. The first kappa shape index (κ1) is 13.8. The van der Waals surface area contributed by atoms with Gasteiger partial charge in [-0.3, -0.25) is 4.79 Å². The van der Waals surface area contributed by atoms with Crippen LogP contribution in [-0.4, -0.2) is 22.0 Å². The summed E-state index contributed by atoms with van der Waals surface area (Å²) in [5.74, 6) is -0.819. The summed E-state index contributed by atoms with van der Waals surface area (Å²) < 4.78 is 0.